The summed E-state index contributed by atoms with van der Waals surface area (Å²) >= 11 is 0. The van der Waals surface area contributed by atoms with Crippen molar-refractivity contribution in [1.29, 1.82) is 0 Å². The Balaban J connectivity index is 0.979. The smallest absolute Gasteiger partial charge is 0.347 e. The summed E-state index contributed by atoms with van der Waals surface area (Å²) in [5.41, 5.74) is 1.57. The molecule has 0 aliphatic carbocycles. The highest BCUT2D eigenvalue weighted by Gasteiger charge is 2.43. The van der Waals surface area contributed by atoms with Crippen LogP contribution in [-0.4, -0.2) is 70.6 Å². The van der Waals surface area contributed by atoms with Crippen molar-refractivity contribution >= 4 is 16.9 Å². The second-order valence-corrected chi connectivity index (χ2v) is 14.3. The number of aromatic amines is 1. The zero-order chi connectivity index (χ0) is 37.9. The first-order valence-corrected chi connectivity index (χ1v) is 18.9. The molecule has 2 atom stereocenters. The predicted molar refractivity (Wildman–Crippen MR) is 209 cm³/mol. The first-order valence-electron chi connectivity index (χ1n) is 18.9. The molecule has 10 nitrogen and oxygen atoms in total. The number of H-pyrrole nitrogens is 1. The number of aromatic hydroxyl groups is 1. The lowest BCUT2D eigenvalue weighted by molar-refractivity contribution is -0.164. The maximum Gasteiger partial charge on any atom is 0.347 e. The number of carbonyl (C=O) groups excluding carboxylic acids is 1. The van der Waals surface area contributed by atoms with Crippen LogP contribution in [0.25, 0.3) is 10.9 Å². The Morgan fingerprint density at radius 1 is 0.944 bits per heavy atom. The number of nitrogens with zero attached hydrogens (tertiary/aromatic N) is 1. The zero-order valence-corrected chi connectivity index (χ0v) is 30.9. The number of aliphatic hydroxyl groups is 2. The minimum absolute atomic E-state index is 0.0399. The van der Waals surface area contributed by atoms with Gasteiger partial charge in [0.2, 0.25) is 11.2 Å². The Hall–Kier alpha value is -5.00. The molecule has 1 unspecified atom stereocenters. The highest BCUT2D eigenvalue weighted by Crippen LogP contribution is 2.36. The standard InChI is InChI=1S/C44H51N3O7/c1-31-11-6-7-16-38(31)44(52,43(51)54-30-33-21-24-47(25-22-33)29-32-12-4-2-5-13-32)34-14-10-15-35(27-34)53-26-9-3-8-23-45-28-40(49)36-17-19-39(48)42-37(36)18-20-41(50)46-42/h2,4-7,10-20,27,33,40,45,48-49,52H,3,8-9,21-26,28-30H2,1H3,(H,46,50)/t40-,44?/m0/s1. The number of nitrogens with one attached hydrogen (secondary N) is 2. The van der Waals surface area contributed by atoms with Gasteiger partial charge in [0, 0.05) is 35.7 Å². The number of aryl methyl sites for hydroxylation is 1. The number of phenols is 1. The average molecular weight is 734 g/mol. The van der Waals surface area contributed by atoms with Crippen LogP contribution in [0.15, 0.2) is 108 Å². The van der Waals surface area contributed by atoms with Crippen LogP contribution in [0.2, 0.25) is 0 Å². The molecule has 6 rings (SSSR count). The normalized spacial score (nSPS) is 15.5. The number of piperidine rings is 1. The van der Waals surface area contributed by atoms with Crippen molar-refractivity contribution < 1.29 is 29.6 Å². The van der Waals surface area contributed by atoms with Crippen molar-refractivity contribution in [2.45, 2.75) is 57.3 Å². The number of aliphatic hydroxyl groups excluding tert-OH is 1. The first kappa shape index (κ1) is 38.7. The number of esters is 1. The van der Waals surface area contributed by atoms with Gasteiger partial charge in [-0.2, -0.15) is 0 Å². The number of unbranched alkanes of at least 4 members (excludes halogenated alkanes) is 2. The van der Waals surface area contributed by atoms with Gasteiger partial charge in [0.1, 0.15) is 11.5 Å². The van der Waals surface area contributed by atoms with E-state index in [0.717, 1.165) is 57.3 Å². The summed E-state index contributed by atoms with van der Waals surface area (Å²) < 4.78 is 12.0. The van der Waals surface area contributed by atoms with Crippen LogP contribution >= 0.6 is 0 Å². The second-order valence-electron chi connectivity index (χ2n) is 14.3. The van der Waals surface area contributed by atoms with E-state index in [1.54, 1.807) is 36.4 Å². The van der Waals surface area contributed by atoms with E-state index in [0.29, 0.717) is 53.0 Å². The van der Waals surface area contributed by atoms with E-state index < -0.39 is 17.7 Å². The van der Waals surface area contributed by atoms with E-state index in [-0.39, 0.29) is 23.8 Å². The number of aromatic nitrogens is 1. The van der Waals surface area contributed by atoms with E-state index in [1.165, 1.54) is 17.7 Å². The van der Waals surface area contributed by atoms with Gasteiger partial charge in [-0.25, -0.2) is 4.79 Å². The highest BCUT2D eigenvalue weighted by molar-refractivity contribution is 5.87. The largest absolute Gasteiger partial charge is 0.506 e. The van der Waals surface area contributed by atoms with E-state index in [9.17, 15) is 24.9 Å². The summed E-state index contributed by atoms with van der Waals surface area (Å²) in [7, 11) is 0. The molecular weight excluding hydrogens is 682 g/mol. The predicted octanol–water partition coefficient (Wildman–Crippen LogP) is 6.11. The lowest BCUT2D eigenvalue weighted by atomic mass is 9.83. The van der Waals surface area contributed by atoms with Crippen LogP contribution in [0.4, 0.5) is 0 Å². The van der Waals surface area contributed by atoms with Crippen molar-refractivity contribution in [2.24, 2.45) is 5.92 Å². The third kappa shape index (κ3) is 9.56. The minimum atomic E-state index is -2.00. The Morgan fingerprint density at radius 2 is 1.72 bits per heavy atom. The van der Waals surface area contributed by atoms with Crippen molar-refractivity contribution in [3.8, 4) is 11.5 Å². The Morgan fingerprint density at radius 3 is 2.52 bits per heavy atom. The fourth-order valence-corrected chi connectivity index (χ4v) is 7.24. The maximum atomic E-state index is 13.9. The van der Waals surface area contributed by atoms with Crippen LogP contribution in [-0.2, 0) is 21.7 Å². The van der Waals surface area contributed by atoms with Crippen molar-refractivity contribution in [1.82, 2.24) is 15.2 Å². The molecule has 0 radical (unpaired) electrons. The molecule has 2 heterocycles. The number of phenolic OH excluding ortho intramolecular Hbond substituents is 1. The fraction of sp³-hybridized carbons (Fsp3) is 0.364. The molecule has 0 amide bonds. The van der Waals surface area contributed by atoms with Crippen LogP contribution in [0.3, 0.4) is 0 Å². The van der Waals surface area contributed by atoms with Gasteiger partial charge in [-0.15, -0.1) is 0 Å². The molecule has 1 aromatic heterocycles. The number of hydrogen-bond donors (Lipinski definition) is 5. The summed E-state index contributed by atoms with van der Waals surface area (Å²) in [5.74, 6) is 0.0557. The number of likely N-dealkylation sites (tertiary alicyclic amines) is 1. The van der Waals surface area contributed by atoms with Gasteiger partial charge < -0.3 is 35.1 Å². The number of fused-ring (bicyclic) bond motifs is 1. The number of pyridine rings is 1. The Bertz CT molecular complexity index is 2040. The van der Waals surface area contributed by atoms with Crippen LogP contribution in [0, 0.1) is 12.8 Å². The quantitative estimate of drug-likeness (QED) is 0.0565. The number of ether oxygens (including phenoxy) is 2. The van der Waals surface area contributed by atoms with Gasteiger partial charge in [-0.3, -0.25) is 9.69 Å². The van der Waals surface area contributed by atoms with Crippen LogP contribution in [0.1, 0.15) is 66.0 Å². The molecular formula is C44H51N3O7. The molecule has 1 saturated heterocycles. The van der Waals surface area contributed by atoms with Gasteiger partial charge in [-0.05, 0) is 106 Å². The third-order valence-electron chi connectivity index (χ3n) is 10.4. The molecule has 0 spiro atoms. The van der Waals surface area contributed by atoms with Crippen LogP contribution < -0.4 is 15.6 Å². The van der Waals surface area contributed by atoms with E-state index in [4.69, 9.17) is 9.47 Å². The second kappa shape index (κ2) is 18.4. The Kier molecular flexibility index (Phi) is 13.2. The molecule has 1 aliphatic heterocycles. The molecule has 1 aliphatic rings. The number of benzene rings is 4. The minimum Gasteiger partial charge on any atom is -0.506 e. The molecule has 1 fully saturated rings. The van der Waals surface area contributed by atoms with Crippen LogP contribution in [0.5, 0.6) is 11.5 Å². The zero-order valence-electron chi connectivity index (χ0n) is 30.9. The summed E-state index contributed by atoms with van der Waals surface area (Å²) in [4.78, 5) is 30.6. The summed E-state index contributed by atoms with van der Waals surface area (Å²) in [5, 5.41) is 37.0. The number of rotatable bonds is 17. The lowest BCUT2D eigenvalue weighted by Crippen LogP contribution is -2.41. The van der Waals surface area contributed by atoms with Gasteiger partial charge in [0.25, 0.3) is 0 Å². The summed E-state index contributed by atoms with van der Waals surface area (Å²) in [6, 6.07) is 31.0. The molecule has 54 heavy (non-hydrogen) atoms. The van der Waals surface area contributed by atoms with Crippen molar-refractivity contribution in [3.05, 3.63) is 141 Å². The average Bonchev–Trinajstić information content (AvgIpc) is 3.19. The topological polar surface area (TPSA) is 144 Å². The molecule has 0 bridgehead atoms. The molecule has 284 valence electrons. The highest BCUT2D eigenvalue weighted by atomic mass is 16.5. The van der Waals surface area contributed by atoms with Crippen molar-refractivity contribution in [3.63, 3.8) is 0 Å². The summed E-state index contributed by atoms with van der Waals surface area (Å²) in [6.07, 6.45) is 3.57. The number of carbonyl (C=O) groups is 1. The molecule has 4 aromatic carbocycles. The lowest BCUT2D eigenvalue weighted by Gasteiger charge is -2.33. The third-order valence-corrected chi connectivity index (χ3v) is 10.4. The first-order chi connectivity index (χ1) is 26.2. The van der Waals surface area contributed by atoms with E-state index in [2.05, 4.69) is 39.5 Å². The van der Waals surface area contributed by atoms with Gasteiger partial charge in [-0.1, -0.05) is 72.8 Å². The Labute approximate surface area is 316 Å². The van der Waals surface area contributed by atoms with Gasteiger partial charge in [0.15, 0.2) is 0 Å². The van der Waals surface area contributed by atoms with Gasteiger partial charge >= 0.3 is 5.97 Å². The fourth-order valence-electron chi connectivity index (χ4n) is 7.24. The van der Waals surface area contributed by atoms with Gasteiger partial charge in [0.05, 0.1) is 24.8 Å². The summed E-state index contributed by atoms with van der Waals surface area (Å²) in [6.45, 7) is 6.38. The van der Waals surface area contributed by atoms with Crippen molar-refractivity contribution in [2.75, 3.05) is 39.4 Å². The maximum absolute atomic E-state index is 13.9. The molecule has 0 saturated carbocycles. The molecule has 10 heteroatoms. The molecule has 5 aromatic rings. The van der Waals surface area contributed by atoms with E-state index >= 15 is 0 Å². The number of hydrogen-bond acceptors (Lipinski definition) is 9. The SMILES string of the molecule is Cc1ccccc1C(O)(C(=O)OCC1CCN(Cc2ccccc2)CC1)c1cccc(OCCCCCNC[C@H](O)c2ccc(O)c3[nH]c(=O)ccc23)c1. The monoisotopic (exact) mass is 733 g/mol. The van der Waals surface area contributed by atoms with E-state index in [1.807, 2.05) is 37.3 Å². The molecule has 5 N–H and O–H groups in total.